The number of rotatable bonds is 8. The molecule has 48 heavy (non-hydrogen) atoms. The minimum absolute atomic E-state index is 0.0569. The molecule has 0 spiro atoms. The first kappa shape index (κ1) is 36.7. The Morgan fingerprint density at radius 1 is 0.708 bits per heavy atom. The minimum Gasteiger partial charge on any atom is -0.309 e. The number of thioether (sulfide) groups is 1. The Balaban J connectivity index is 0.000000188. The summed E-state index contributed by atoms with van der Waals surface area (Å²) in [7, 11) is -12.7. The number of hydrogen-bond acceptors (Lipinski definition) is 15. The van der Waals surface area contributed by atoms with E-state index in [1.165, 1.54) is 14.8 Å². The van der Waals surface area contributed by atoms with E-state index >= 15 is 0 Å². The Labute approximate surface area is 280 Å². The quantitative estimate of drug-likeness (QED) is 0.177. The van der Waals surface area contributed by atoms with Gasteiger partial charge in [-0.05, 0) is 25.7 Å². The first-order valence-corrected chi connectivity index (χ1v) is 20.5. The highest BCUT2D eigenvalue weighted by atomic mass is 32.3. The fourth-order valence-corrected chi connectivity index (χ4v) is 9.05. The molecular weight excluding hydrogens is 729 g/mol. The highest BCUT2D eigenvalue weighted by molar-refractivity contribution is 7.99. The lowest BCUT2D eigenvalue weighted by Gasteiger charge is -2.33. The van der Waals surface area contributed by atoms with Gasteiger partial charge in [-0.25, -0.2) is 28.0 Å². The molecule has 6 aliphatic heterocycles. The second-order valence-electron chi connectivity index (χ2n) is 11.7. The first-order valence-electron chi connectivity index (χ1n) is 14.8. The summed E-state index contributed by atoms with van der Waals surface area (Å²) in [6.45, 7) is 2.11. The molecule has 6 aliphatic rings. The predicted octanol–water partition coefficient (Wildman–Crippen LogP) is -3.18. The lowest BCUT2D eigenvalue weighted by molar-refractivity contribution is -0.131. The highest BCUT2D eigenvalue weighted by Gasteiger charge is 2.51. The van der Waals surface area contributed by atoms with E-state index in [-0.39, 0.29) is 43.6 Å². The van der Waals surface area contributed by atoms with Gasteiger partial charge in [0.05, 0.1) is 23.6 Å². The van der Waals surface area contributed by atoms with Crippen molar-refractivity contribution in [1.82, 2.24) is 40.8 Å². The van der Waals surface area contributed by atoms with Gasteiger partial charge >= 0.3 is 32.9 Å². The van der Waals surface area contributed by atoms with E-state index in [9.17, 15) is 44.4 Å². The number of hydrogen-bond donors (Lipinski definition) is 4. The molecule has 0 aromatic rings. The average molecular weight is 765 g/mol. The van der Waals surface area contributed by atoms with Crippen molar-refractivity contribution >= 4 is 66.3 Å². The number of amides is 6. The van der Waals surface area contributed by atoms with E-state index in [1.807, 2.05) is 16.8 Å². The molecule has 6 rings (SSSR count). The number of sulfone groups is 1. The van der Waals surface area contributed by atoms with Crippen molar-refractivity contribution in [2.24, 2.45) is 0 Å². The molecule has 0 unspecified atom stereocenters. The highest BCUT2D eigenvalue weighted by Crippen LogP contribution is 2.32. The van der Waals surface area contributed by atoms with Crippen molar-refractivity contribution in [2.45, 2.75) is 49.9 Å². The zero-order valence-electron chi connectivity index (χ0n) is 25.3. The van der Waals surface area contributed by atoms with Crippen LogP contribution in [0.5, 0.6) is 0 Å². The van der Waals surface area contributed by atoms with Crippen LogP contribution in [0.25, 0.3) is 0 Å². The van der Waals surface area contributed by atoms with Crippen LogP contribution in [-0.2, 0) is 48.8 Å². The van der Waals surface area contributed by atoms with Crippen LogP contribution >= 0.6 is 11.8 Å². The molecule has 272 valence electrons. The lowest BCUT2D eigenvalue weighted by atomic mass is 10.0. The molecule has 0 aromatic heterocycles. The van der Waals surface area contributed by atoms with Crippen molar-refractivity contribution in [1.29, 1.82) is 0 Å². The Kier molecular flexibility index (Phi) is 11.0. The number of fused-ring (bicyclic) bond motifs is 4. The third kappa shape index (κ3) is 8.96. The second-order valence-corrected chi connectivity index (χ2v) is 17.2. The summed E-state index contributed by atoms with van der Waals surface area (Å²) >= 11 is 1.82. The third-order valence-electron chi connectivity index (χ3n) is 8.49. The van der Waals surface area contributed by atoms with E-state index in [2.05, 4.69) is 19.4 Å². The normalized spacial score (nSPS) is 29.4. The molecule has 6 saturated heterocycles. The van der Waals surface area contributed by atoms with Gasteiger partial charge in [0.25, 0.3) is 11.8 Å². The van der Waals surface area contributed by atoms with Crippen molar-refractivity contribution in [3.8, 4) is 0 Å². The van der Waals surface area contributed by atoms with Gasteiger partial charge in [0, 0.05) is 50.8 Å². The van der Waals surface area contributed by atoms with E-state index in [0.717, 1.165) is 24.6 Å². The summed E-state index contributed by atoms with van der Waals surface area (Å²) in [4.78, 5) is 51.8. The van der Waals surface area contributed by atoms with Crippen molar-refractivity contribution in [3.63, 3.8) is 0 Å². The van der Waals surface area contributed by atoms with Gasteiger partial charge in [0.1, 0.15) is 12.1 Å². The molecule has 4 atom stereocenters. The van der Waals surface area contributed by atoms with Crippen molar-refractivity contribution in [3.05, 3.63) is 0 Å². The molecule has 22 nitrogen and oxygen atoms in total. The second kappa shape index (κ2) is 14.4. The Morgan fingerprint density at radius 3 is 1.50 bits per heavy atom. The number of nitrogens with zero attached hydrogens (tertiary/aromatic N) is 6. The fourth-order valence-electron chi connectivity index (χ4n) is 6.17. The smallest absolute Gasteiger partial charge is 0.309 e. The molecule has 6 heterocycles. The van der Waals surface area contributed by atoms with Gasteiger partial charge in [-0.15, -0.1) is 8.57 Å². The summed E-state index contributed by atoms with van der Waals surface area (Å²) in [5.41, 5.74) is 5.42. The van der Waals surface area contributed by atoms with Gasteiger partial charge in [0.15, 0.2) is 9.84 Å². The van der Waals surface area contributed by atoms with Gasteiger partial charge in [-0.1, -0.05) is 0 Å². The summed E-state index contributed by atoms with van der Waals surface area (Å²) in [5.74, 6) is 1.01. The molecule has 0 saturated carbocycles. The number of carbonyl (C=O) groups excluding carboxylic acids is 4. The van der Waals surface area contributed by atoms with Gasteiger partial charge in [-0.3, -0.25) is 29.5 Å². The van der Waals surface area contributed by atoms with E-state index in [1.54, 1.807) is 0 Å². The van der Waals surface area contributed by atoms with Crippen molar-refractivity contribution < 1.29 is 62.1 Å². The van der Waals surface area contributed by atoms with Crippen LogP contribution in [0.4, 0.5) is 9.59 Å². The van der Waals surface area contributed by atoms with Gasteiger partial charge < -0.3 is 9.80 Å². The SMILES string of the molecule is O=C(NN1CCS(=O)(=O)CC1)[C@@H]1CC[C@@H]2CN1C(=O)N2OS(=O)(=O)O.O=C(NN1CCSCC1)[C@@H]1CC[C@@H]2CN1C(=O)N2OS(=O)(=O)O. The molecule has 0 aliphatic carbocycles. The number of hydroxylamine groups is 4. The summed E-state index contributed by atoms with van der Waals surface area (Å²) in [5, 5.41) is 4.52. The lowest BCUT2D eigenvalue weighted by Crippen LogP contribution is -2.57. The van der Waals surface area contributed by atoms with Crippen LogP contribution in [-0.4, -0.2) is 175 Å². The van der Waals surface area contributed by atoms with Crippen LogP contribution in [0.15, 0.2) is 0 Å². The Hall–Kier alpha value is -2.56. The van der Waals surface area contributed by atoms with E-state index < -0.39 is 72.8 Å². The number of piperidine rings is 2. The van der Waals surface area contributed by atoms with Crippen LogP contribution in [0, 0.1) is 0 Å². The maximum atomic E-state index is 12.4. The maximum absolute atomic E-state index is 12.4. The Bertz CT molecular complexity index is 1590. The third-order valence-corrected chi connectivity index (χ3v) is 11.7. The average Bonchev–Trinajstić information content (AvgIpc) is 3.37. The zero-order chi connectivity index (χ0) is 35.0. The van der Waals surface area contributed by atoms with Crippen LogP contribution in [0.3, 0.4) is 0 Å². The molecule has 26 heteroatoms. The standard InChI is InChI=1S/C11H18N4O8S2.C11H18N4O6S2/c16-10(12-13-3-5-24(18,19)6-4-13)9-2-1-8-7-14(9)11(17)15(8)23-25(20,21)22;16-10(12-13-3-5-22-6-4-13)9-2-1-8-7-14(9)11(17)15(8)21-23(18,19)20/h8-9H,1-7H2,(H,12,16)(H,20,21,22);8-9H,1-7H2,(H,12,16)(H,18,19,20)/t2*8-,9+/m11/s1. The number of hydrazine groups is 2. The Morgan fingerprint density at radius 2 is 1.10 bits per heavy atom. The van der Waals surface area contributed by atoms with Crippen LogP contribution in [0.2, 0.25) is 0 Å². The minimum atomic E-state index is -4.84. The first-order chi connectivity index (χ1) is 22.4. The molecule has 6 fully saturated rings. The number of urea groups is 2. The molecule has 6 amide bonds. The maximum Gasteiger partial charge on any atom is 0.418 e. The molecular formula is C22H36N8O14S4. The van der Waals surface area contributed by atoms with Crippen LogP contribution < -0.4 is 10.9 Å². The van der Waals surface area contributed by atoms with Gasteiger partial charge in [-0.2, -0.15) is 38.7 Å². The summed E-state index contributed by atoms with van der Waals surface area (Å²) in [6, 6.07) is -4.08. The summed E-state index contributed by atoms with van der Waals surface area (Å²) in [6.07, 6.45) is 1.45. The topological polar surface area (TPSA) is 273 Å². The zero-order valence-corrected chi connectivity index (χ0v) is 28.6. The summed E-state index contributed by atoms with van der Waals surface area (Å²) < 4.78 is 92.3. The molecule has 0 radical (unpaired) electrons. The predicted molar refractivity (Wildman–Crippen MR) is 162 cm³/mol. The van der Waals surface area contributed by atoms with Gasteiger partial charge in [0.2, 0.25) is 0 Å². The van der Waals surface area contributed by atoms with Crippen LogP contribution in [0.1, 0.15) is 25.7 Å². The molecule has 4 N–H and O–H groups in total. The largest absolute Gasteiger partial charge is 0.418 e. The number of nitrogens with one attached hydrogen (secondary N) is 2. The van der Waals surface area contributed by atoms with E-state index in [0.29, 0.717) is 35.8 Å². The van der Waals surface area contributed by atoms with Crippen molar-refractivity contribution in [2.75, 3.05) is 62.3 Å². The molecule has 4 bridgehead atoms. The molecule has 0 aromatic carbocycles. The van der Waals surface area contributed by atoms with E-state index in [4.69, 9.17) is 9.11 Å². The fraction of sp³-hybridized carbons (Fsp3) is 0.818. The number of carbonyl (C=O) groups is 4. The monoisotopic (exact) mass is 764 g/mol.